The van der Waals surface area contributed by atoms with Crippen molar-refractivity contribution in [2.45, 2.75) is 39.5 Å². The summed E-state index contributed by atoms with van der Waals surface area (Å²) in [5.41, 5.74) is 5.18. The lowest BCUT2D eigenvalue weighted by Crippen LogP contribution is -2.14. The highest BCUT2D eigenvalue weighted by molar-refractivity contribution is 9.10. The van der Waals surface area contributed by atoms with Gasteiger partial charge < -0.3 is 5.32 Å². The van der Waals surface area contributed by atoms with Gasteiger partial charge in [0, 0.05) is 27.8 Å². The summed E-state index contributed by atoms with van der Waals surface area (Å²) in [6.45, 7) is 5.51. The highest BCUT2D eigenvalue weighted by Crippen LogP contribution is 2.34. The number of nitrogens with one attached hydrogen (secondary N) is 1. The van der Waals surface area contributed by atoms with Crippen LogP contribution in [0, 0.1) is 5.92 Å². The molecule has 1 N–H and O–H groups in total. The Bertz CT molecular complexity index is 634. The van der Waals surface area contributed by atoms with Crippen molar-refractivity contribution >= 4 is 32.5 Å². The van der Waals surface area contributed by atoms with Crippen LogP contribution in [0.3, 0.4) is 0 Å². The van der Waals surface area contributed by atoms with Crippen LogP contribution in [0.1, 0.15) is 37.9 Å². The van der Waals surface area contributed by atoms with Crippen LogP contribution in [0.5, 0.6) is 0 Å². The van der Waals surface area contributed by atoms with Gasteiger partial charge in [0.2, 0.25) is 0 Å². The van der Waals surface area contributed by atoms with E-state index in [0.717, 1.165) is 29.4 Å². The molecule has 0 unspecified atom stereocenters. The Labute approximate surface area is 129 Å². The van der Waals surface area contributed by atoms with Gasteiger partial charge in [0.15, 0.2) is 0 Å². The number of pyridine rings is 1. The van der Waals surface area contributed by atoms with E-state index >= 15 is 0 Å². The maximum absolute atomic E-state index is 4.88. The van der Waals surface area contributed by atoms with Crippen LogP contribution in [0.25, 0.3) is 10.9 Å². The van der Waals surface area contributed by atoms with Gasteiger partial charge in [0.25, 0.3) is 0 Å². The molecule has 1 aromatic carbocycles. The second-order valence-corrected chi connectivity index (χ2v) is 6.97. The van der Waals surface area contributed by atoms with Crippen molar-refractivity contribution in [3.63, 3.8) is 0 Å². The van der Waals surface area contributed by atoms with Crippen LogP contribution in [-0.2, 0) is 12.8 Å². The number of anilines is 1. The van der Waals surface area contributed by atoms with Crippen molar-refractivity contribution in [3.8, 4) is 0 Å². The van der Waals surface area contributed by atoms with Crippen LogP contribution in [0.2, 0.25) is 0 Å². The van der Waals surface area contributed by atoms with Crippen LogP contribution in [0.15, 0.2) is 22.7 Å². The fraction of sp³-hybridized carbons (Fsp3) is 0.471. The third kappa shape index (κ3) is 2.69. The first-order valence-corrected chi connectivity index (χ1v) is 8.29. The SMILES string of the molecule is CC(C)CNc1c2c(nc3ccc(Br)cc13)CCCC2. The van der Waals surface area contributed by atoms with E-state index in [2.05, 4.69) is 53.3 Å². The van der Waals surface area contributed by atoms with Crippen molar-refractivity contribution in [2.24, 2.45) is 5.92 Å². The van der Waals surface area contributed by atoms with Crippen LogP contribution in [0.4, 0.5) is 5.69 Å². The van der Waals surface area contributed by atoms with E-state index in [0.29, 0.717) is 5.92 Å². The molecule has 0 spiro atoms. The molecule has 3 rings (SSSR count). The fourth-order valence-corrected chi connectivity index (χ4v) is 3.27. The quantitative estimate of drug-likeness (QED) is 0.860. The van der Waals surface area contributed by atoms with E-state index in [4.69, 9.17) is 4.98 Å². The Morgan fingerprint density at radius 1 is 1.25 bits per heavy atom. The summed E-state index contributed by atoms with van der Waals surface area (Å²) in [4.78, 5) is 4.88. The van der Waals surface area contributed by atoms with Crippen molar-refractivity contribution in [1.82, 2.24) is 4.98 Å². The molecule has 0 bridgehead atoms. The number of nitrogens with zero attached hydrogens (tertiary/aromatic N) is 1. The molecule has 106 valence electrons. The molecule has 0 aliphatic heterocycles. The first kappa shape index (κ1) is 13.9. The number of aromatic nitrogens is 1. The predicted octanol–water partition coefficient (Wildman–Crippen LogP) is 4.94. The van der Waals surface area contributed by atoms with Gasteiger partial charge in [-0.15, -0.1) is 0 Å². The van der Waals surface area contributed by atoms with Crippen molar-refractivity contribution in [1.29, 1.82) is 0 Å². The molecule has 0 radical (unpaired) electrons. The van der Waals surface area contributed by atoms with Gasteiger partial charge in [-0.1, -0.05) is 29.8 Å². The van der Waals surface area contributed by atoms with Gasteiger partial charge in [-0.2, -0.15) is 0 Å². The third-order valence-electron chi connectivity index (χ3n) is 3.91. The van der Waals surface area contributed by atoms with Crippen LogP contribution in [-0.4, -0.2) is 11.5 Å². The lowest BCUT2D eigenvalue weighted by Gasteiger charge is -2.22. The largest absolute Gasteiger partial charge is 0.384 e. The molecule has 0 fully saturated rings. The van der Waals surface area contributed by atoms with E-state index in [-0.39, 0.29) is 0 Å². The van der Waals surface area contributed by atoms with Gasteiger partial charge in [-0.05, 0) is 55.4 Å². The molecule has 1 aliphatic carbocycles. The molecule has 1 aliphatic rings. The summed E-state index contributed by atoms with van der Waals surface area (Å²) in [7, 11) is 0. The van der Waals surface area contributed by atoms with Gasteiger partial charge >= 0.3 is 0 Å². The lowest BCUT2D eigenvalue weighted by molar-refractivity contribution is 0.665. The molecule has 1 aromatic heterocycles. The maximum Gasteiger partial charge on any atom is 0.0727 e. The summed E-state index contributed by atoms with van der Waals surface area (Å²) < 4.78 is 1.12. The van der Waals surface area contributed by atoms with Gasteiger partial charge in [-0.25, -0.2) is 0 Å². The highest BCUT2D eigenvalue weighted by atomic mass is 79.9. The zero-order chi connectivity index (χ0) is 14.1. The van der Waals surface area contributed by atoms with Crippen molar-refractivity contribution in [2.75, 3.05) is 11.9 Å². The lowest BCUT2D eigenvalue weighted by atomic mass is 9.92. The predicted molar refractivity (Wildman–Crippen MR) is 89.4 cm³/mol. The number of halogens is 1. The first-order valence-electron chi connectivity index (χ1n) is 7.50. The molecule has 2 aromatic rings. The average Bonchev–Trinajstić information content (AvgIpc) is 2.43. The van der Waals surface area contributed by atoms with E-state index in [9.17, 15) is 0 Å². The zero-order valence-corrected chi connectivity index (χ0v) is 13.8. The summed E-state index contributed by atoms with van der Waals surface area (Å²) in [5.74, 6) is 0.643. The molecule has 0 saturated heterocycles. The van der Waals surface area contributed by atoms with Crippen LogP contribution >= 0.6 is 15.9 Å². The molecule has 20 heavy (non-hydrogen) atoms. The van der Waals surface area contributed by atoms with Crippen LogP contribution < -0.4 is 5.32 Å². The van der Waals surface area contributed by atoms with Gasteiger partial charge in [-0.3, -0.25) is 4.98 Å². The monoisotopic (exact) mass is 332 g/mol. The molecule has 0 saturated carbocycles. The van der Waals surface area contributed by atoms with Crippen molar-refractivity contribution in [3.05, 3.63) is 33.9 Å². The van der Waals surface area contributed by atoms with E-state index in [1.165, 1.54) is 35.2 Å². The fourth-order valence-electron chi connectivity index (χ4n) is 2.90. The number of hydrogen-bond donors (Lipinski definition) is 1. The Morgan fingerprint density at radius 2 is 2.05 bits per heavy atom. The zero-order valence-electron chi connectivity index (χ0n) is 12.2. The van der Waals surface area contributed by atoms with E-state index < -0.39 is 0 Å². The summed E-state index contributed by atoms with van der Waals surface area (Å²) in [6, 6.07) is 6.39. The standard InChI is InChI=1S/C17H21BrN2/c1-11(2)10-19-17-13-5-3-4-6-15(13)20-16-8-7-12(18)9-14(16)17/h7-9,11H,3-6,10H2,1-2H3,(H,19,20). The van der Waals surface area contributed by atoms with Gasteiger partial charge in [0.1, 0.15) is 0 Å². The summed E-state index contributed by atoms with van der Waals surface area (Å²) >= 11 is 3.59. The minimum atomic E-state index is 0.643. The molecule has 2 nitrogen and oxygen atoms in total. The first-order chi connectivity index (χ1) is 9.65. The number of rotatable bonds is 3. The topological polar surface area (TPSA) is 24.9 Å². The van der Waals surface area contributed by atoms with Gasteiger partial charge in [0.05, 0.1) is 5.52 Å². The number of aryl methyl sites for hydroxylation is 1. The maximum atomic E-state index is 4.88. The Balaban J connectivity index is 2.16. The minimum Gasteiger partial charge on any atom is -0.384 e. The van der Waals surface area contributed by atoms with E-state index in [1.54, 1.807) is 0 Å². The highest BCUT2D eigenvalue weighted by Gasteiger charge is 2.18. The normalized spacial score (nSPS) is 14.6. The summed E-state index contributed by atoms with van der Waals surface area (Å²) in [5, 5.41) is 4.93. The molecular formula is C17H21BrN2. The smallest absolute Gasteiger partial charge is 0.0727 e. The Kier molecular flexibility index (Phi) is 3.97. The minimum absolute atomic E-state index is 0.643. The molecule has 0 amide bonds. The van der Waals surface area contributed by atoms with Crippen molar-refractivity contribution < 1.29 is 0 Å². The molecule has 1 heterocycles. The Morgan fingerprint density at radius 3 is 2.85 bits per heavy atom. The second kappa shape index (κ2) is 5.72. The molecule has 3 heteroatoms. The third-order valence-corrected chi connectivity index (χ3v) is 4.40. The summed E-state index contributed by atoms with van der Waals surface area (Å²) in [6.07, 6.45) is 4.83. The number of benzene rings is 1. The average molecular weight is 333 g/mol. The second-order valence-electron chi connectivity index (χ2n) is 6.06. The molecule has 0 atom stereocenters. The number of hydrogen-bond acceptors (Lipinski definition) is 2. The molecular weight excluding hydrogens is 312 g/mol. The Hall–Kier alpha value is -1.09. The van der Waals surface area contributed by atoms with E-state index in [1.807, 2.05) is 0 Å². The number of fused-ring (bicyclic) bond motifs is 2.